The van der Waals surface area contributed by atoms with Crippen LogP contribution in [-0.2, 0) is 11.3 Å². The molecule has 2 aromatic heterocycles. The minimum atomic E-state index is -0.193. The van der Waals surface area contributed by atoms with E-state index in [0.29, 0.717) is 11.9 Å². The fourth-order valence-corrected chi connectivity index (χ4v) is 4.22. The Morgan fingerprint density at radius 2 is 2.07 bits per heavy atom. The molecule has 7 heteroatoms. The van der Waals surface area contributed by atoms with Gasteiger partial charge in [-0.25, -0.2) is 4.98 Å². The summed E-state index contributed by atoms with van der Waals surface area (Å²) in [6.45, 7) is 8.14. The molecule has 28 heavy (non-hydrogen) atoms. The summed E-state index contributed by atoms with van der Waals surface area (Å²) in [7, 11) is 1.62. The minimum absolute atomic E-state index is 0.0898. The van der Waals surface area contributed by atoms with Crippen LogP contribution >= 0.6 is 11.3 Å². The normalized spacial score (nSPS) is 12.2. The molecule has 1 amide bonds. The Bertz CT molecular complexity index is 1080. The quantitative estimate of drug-likeness (QED) is 0.687. The lowest BCUT2D eigenvalue weighted by Gasteiger charge is -2.18. The first-order chi connectivity index (χ1) is 13.3. The molecular formula is C21H25N3O3S. The topological polar surface area (TPSA) is 73.2 Å². The standard InChI is InChI=1S/C21H25N3O3S/c1-12-6-7-17(27-5)16(10-12)14(3)23-18(25)8-9-24-11-22-20-19(21(24)26)13(2)15(4)28-20/h6-7,10-11,14H,8-9H2,1-5H3,(H,23,25). The van der Waals surface area contributed by atoms with Crippen molar-refractivity contribution in [1.29, 1.82) is 0 Å². The molecule has 148 valence electrons. The Labute approximate surface area is 168 Å². The van der Waals surface area contributed by atoms with E-state index in [9.17, 15) is 9.59 Å². The zero-order valence-electron chi connectivity index (χ0n) is 16.8. The van der Waals surface area contributed by atoms with Gasteiger partial charge in [0.1, 0.15) is 10.6 Å². The molecule has 2 heterocycles. The Kier molecular flexibility index (Phi) is 5.84. The highest BCUT2D eigenvalue weighted by atomic mass is 32.1. The van der Waals surface area contributed by atoms with Crippen LogP contribution in [0, 0.1) is 20.8 Å². The minimum Gasteiger partial charge on any atom is -0.496 e. The molecule has 1 N–H and O–H groups in total. The molecule has 0 aliphatic rings. The maximum Gasteiger partial charge on any atom is 0.262 e. The molecule has 0 spiro atoms. The third-order valence-electron chi connectivity index (χ3n) is 4.96. The number of ether oxygens (including phenoxy) is 1. The van der Waals surface area contributed by atoms with E-state index in [1.807, 2.05) is 45.9 Å². The number of amides is 1. The van der Waals surface area contributed by atoms with Crippen molar-refractivity contribution < 1.29 is 9.53 Å². The summed E-state index contributed by atoms with van der Waals surface area (Å²) in [4.78, 5) is 31.4. The molecule has 0 aliphatic carbocycles. The summed E-state index contributed by atoms with van der Waals surface area (Å²) in [6, 6.07) is 5.69. The number of methoxy groups -OCH3 is 1. The van der Waals surface area contributed by atoms with Crippen LogP contribution in [-0.4, -0.2) is 22.6 Å². The molecule has 3 rings (SSSR count). The van der Waals surface area contributed by atoms with Gasteiger partial charge in [-0.3, -0.25) is 14.2 Å². The van der Waals surface area contributed by atoms with Crippen molar-refractivity contribution in [3.63, 3.8) is 0 Å². The predicted octanol–water partition coefficient (Wildman–Crippen LogP) is 3.66. The second-order valence-electron chi connectivity index (χ2n) is 6.99. The van der Waals surface area contributed by atoms with Crippen LogP contribution in [0.25, 0.3) is 10.2 Å². The van der Waals surface area contributed by atoms with E-state index in [2.05, 4.69) is 10.3 Å². The van der Waals surface area contributed by atoms with E-state index in [4.69, 9.17) is 4.74 Å². The molecule has 6 nitrogen and oxygen atoms in total. The summed E-state index contributed by atoms with van der Waals surface area (Å²) in [5.41, 5.74) is 2.91. The molecular weight excluding hydrogens is 374 g/mol. The first kappa shape index (κ1) is 20.1. The van der Waals surface area contributed by atoms with Gasteiger partial charge in [-0.2, -0.15) is 0 Å². The van der Waals surface area contributed by atoms with Crippen molar-refractivity contribution in [3.8, 4) is 5.75 Å². The van der Waals surface area contributed by atoms with Gasteiger partial charge in [0.05, 0.1) is 24.9 Å². The number of aromatic nitrogens is 2. The van der Waals surface area contributed by atoms with Crippen LogP contribution in [0.5, 0.6) is 5.75 Å². The van der Waals surface area contributed by atoms with Gasteiger partial charge in [0, 0.05) is 23.4 Å². The lowest BCUT2D eigenvalue weighted by atomic mass is 10.0. The Morgan fingerprint density at radius 3 is 2.79 bits per heavy atom. The highest BCUT2D eigenvalue weighted by molar-refractivity contribution is 7.18. The highest BCUT2D eigenvalue weighted by Gasteiger charge is 2.16. The molecule has 0 bridgehead atoms. The summed E-state index contributed by atoms with van der Waals surface area (Å²) < 4.78 is 6.91. The third-order valence-corrected chi connectivity index (χ3v) is 6.08. The van der Waals surface area contributed by atoms with Gasteiger partial charge in [0.2, 0.25) is 5.91 Å². The molecule has 1 unspecified atom stereocenters. The van der Waals surface area contributed by atoms with Crippen LogP contribution in [0.3, 0.4) is 0 Å². The number of nitrogens with zero attached hydrogens (tertiary/aromatic N) is 2. The monoisotopic (exact) mass is 399 g/mol. The lowest BCUT2D eigenvalue weighted by Crippen LogP contribution is -2.29. The number of benzene rings is 1. The summed E-state index contributed by atoms with van der Waals surface area (Å²) in [5.74, 6) is 0.619. The molecule has 0 saturated carbocycles. The molecule has 0 fully saturated rings. The largest absolute Gasteiger partial charge is 0.496 e. The molecule has 0 radical (unpaired) electrons. The Hall–Kier alpha value is -2.67. The van der Waals surface area contributed by atoms with Gasteiger partial charge in [-0.15, -0.1) is 11.3 Å². The second-order valence-corrected chi connectivity index (χ2v) is 8.19. The zero-order valence-corrected chi connectivity index (χ0v) is 17.6. The van der Waals surface area contributed by atoms with Crippen molar-refractivity contribution in [2.75, 3.05) is 7.11 Å². The van der Waals surface area contributed by atoms with Gasteiger partial charge in [-0.1, -0.05) is 17.7 Å². The van der Waals surface area contributed by atoms with Crippen molar-refractivity contribution in [2.45, 2.75) is 46.7 Å². The van der Waals surface area contributed by atoms with E-state index < -0.39 is 0 Å². The number of rotatable bonds is 6. The van der Waals surface area contributed by atoms with Crippen LogP contribution in [0.1, 0.15) is 41.0 Å². The predicted molar refractivity (Wildman–Crippen MR) is 112 cm³/mol. The van der Waals surface area contributed by atoms with E-state index in [-0.39, 0.29) is 23.9 Å². The lowest BCUT2D eigenvalue weighted by molar-refractivity contribution is -0.122. The molecule has 0 aliphatic heterocycles. The fourth-order valence-electron chi connectivity index (χ4n) is 3.23. The summed E-state index contributed by atoms with van der Waals surface area (Å²) in [5, 5.41) is 3.64. The number of thiophene rings is 1. The number of hydrogen-bond donors (Lipinski definition) is 1. The van der Waals surface area contributed by atoms with Crippen molar-refractivity contribution in [3.05, 3.63) is 56.4 Å². The van der Waals surface area contributed by atoms with E-state index in [1.165, 1.54) is 22.2 Å². The maximum absolute atomic E-state index is 12.7. The number of carbonyl (C=O) groups is 1. The Morgan fingerprint density at radius 1 is 1.32 bits per heavy atom. The molecule has 0 saturated heterocycles. The van der Waals surface area contributed by atoms with E-state index >= 15 is 0 Å². The van der Waals surface area contributed by atoms with Crippen molar-refractivity contribution in [2.24, 2.45) is 0 Å². The first-order valence-electron chi connectivity index (χ1n) is 9.20. The average molecular weight is 400 g/mol. The van der Waals surface area contributed by atoms with E-state index in [1.54, 1.807) is 7.11 Å². The van der Waals surface area contributed by atoms with Crippen LogP contribution < -0.4 is 15.6 Å². The van der Waals surface area contributed by atoms with E-state index in [0.717, 1.165) is 32.1 Å². The molecule has 1 atom stereocenters. The van der Waals surface area contributed by atoms with Gasteiger partial charge in [0.25, 0.3) is 5.56 Å². The van der Waals surface area contributed by atoms with Gasteiger partial charge in [-0.05, 0) is 39.3 Å². The van der Waals surface area contributed by atoms with Crippen LogP contribution in [0.15, 0.2) is 29.3 Å². The smallest absolute Gasteiger partial charge is 0.262 e. The number of fused-ring (bicyclic) bond motifs is 1. The summed E-state index contributed by atoms with van der Waals surface area (Å²) >= 11 is 1.52. The number of carbonyl (C=O) groups excluding carboxylic acids is 1. The number of aryl methyl sites for hydroxylation is 4. The average Bonchev–Trinajstić information content (AvgIpc) is 2.95. The van der Waals surface area contributed by atoms with Crippen molar-refractivity contribution in [1.82, 2.24) is 14.9 Å². The third kappa shape index (κ3) is 3.94. The van der Waals surface area contributed by atoms with Gasteiger partial charge < -0.3 is 10.1 Å². The SMILES string of the molecule is COc1ccc(C)cc1C(C)NC(=O)CCn1cnc2sc(C)c(C)c2c1=O. The number of hydrogen-bond acceptors (Lipinski definition) is 5. The van der Waals surface area contributed by atoms with Crippen LogP contribution in [0.4, 0.5) is 0 Å². The number of nitrogens with one attached hydrogen (secondary N) is 1. The highest BCUT2D eigenvalue weighted by Crippen LogP contribution is 2.26. The first-order valence-corrected chi connectivity index (χ1v) is 10.0. The Balaban J connectivity index is 1.70. The molecule has 1 aromatic carbocycles. The van der Waals surface area contributed by atoms with Gasteiger partial charge in [0.15, 0.2) is 0 Å². The maximum atomic E-state index is 12.7. The summed E-state index contributed by atoms with van der Waals surface area (Å²) in [6.07, 6.45) is 1.73. The van der Waals surface area contributed by atoms with Crippen LogP contribution in [0.2, 0.25) is 0 Å². The zero-order chi connectivity index (χ0) is 20.4. The van der Waals surface area contributed by atoms with Gasteiger partial charge >= 0.3 is 0 Å². The van der Waals surface area contributed by atoms with Crippen molar-refractivity contribution >= 4 is 27.5 Å². The molecule has 3 aromatic rings. The fraction of sp³-hybridized carbons (Fsp3) is 0.381. The second kappa shape index (κ2) is 8.14.